The van der Waals surface area contributed by atoms with E-state index in [1.54, 1.807) is 0 Å². The minimum Gasteiger partial charge on any atom is -0.290 e. The molecule has 0 saturated carbocycles. The molecule has 0 radical (unpaired) electrons. The van der Waals surface area contributed by atoms with Gasteiger partial charge in [-0.05, 0) is 24.0 Å². The van der Waals surface area contributed by atoms with E-state index >= 15 is 0 Å². The highest BCUT2D eigenvalue weighted by atomic mass is 15.2. The van der Waals surface area contributed by atoms with Crippen molar-refractivity contribution in [2.75, 3.05) is 13.1 Å². The maximum atomic E-state index is 4.41. The molecular formula is C14H21N3. The molecule has 0 aromatic heterocycles. The number of nitrogens with one attached hydrogen (secondary N) is 1. The Morgan fingerprint density at radius 1 is 1.29 bits per heavy atom. The van der Waals surface area contributed by atoms with Gasteiger partial charge in [-0.1, -0.05) is 44.0 Å². The summed E-state index contributed by atoms with van der Waals surface area (Å²) in [6, 6.07) is 8.51. The zero-order valence-corrected chi connectivity index (χ0v) is 10.5. The fourth-order valence-electron chi connectivity index (χ4n) is 2.16. The molecule has 1 aromatic rings. The Morgan fingerprint density at radius 3 is 3.06 bits per heavy atom. The number of azo groups is 1. The standard InChI is InChI=1S/C14H21N3/c1-2-3-6-10-16-17-14-13-8-5-4-7-12(13)9-11-15-14/h4-5,7-8,14-15H,2-3,6,9-11H2,1H3. The van der Waals surface area contributed by atoms with Gasteiger partial charge in [0.25, 0.3) is 0 Å². The number of hydrogen-bond donors (Lipinski definition) is 1. The molecular weight excluding hydrogens is 210 g/mol. The van der Waals surface area contributed by atoms with Crippen LogP contribution in [0.3, 0.4) is 0 Å². The van der Waals surface area contributed by atoms with Gasteiger partial charge >= 0.3 is 0 Å². The van der Waals surface area contributed by atoms with Gasteiger partial charge in [-0.15, -0.1) is 0 Å². The van der Waals surface area contributed by atoms with E-state index in [1.165, 1.54) is 24.0 Å². The van der Waals surface area contributed by atoms with Crippen LogP contribution in [0.4, 0.5) is 0 Å². The Balaban J connectivity index is 1.94. The normalized spacial score (nSPS) is 19.5. The summed E-state index contributed by atoms with van der Waals surface area (Å²) in [5.41, 5.74) is 2.70. The van der Waals surface area contributed by atoms with E-state index < -0.39 is 0 Å². The third-order valence-corrected chi connectivity index (χ3v) is 3.14. The SMILES string of the molecule is CCCCCN=NC1NCCc2ccccc21. The zero-order valence-electron chi connectivity index (χ0n) is 10.5. The average molecular weight is 231 g/mol. The second kappa shape index (κ2) is 6.50. The number of unbranched alkanes of at least 4 members (excludes halogenated alkanes) is 2. The van der Waals surface area contributed by atoms with Crippen molar-refractivity contribution >= 4 is 0 Å². The van der Waals surface area contributed by atoms with Crippen LogP contribution < -0.4 is 5.32 Å². The zero-order chi connectivity index (χ0) is 11.9. The van der Waals surface area contributed by atoms with Crippen LogP contribution in [0.25, 0.3) is 0 Å². The van der Waals surface area contributed by atoms with Gasteiger partial charge < -0.3 is 0 Å². The van der Waals surface area contributed by atoms with Gasteiger partial charge in [0.1, 0.15) is 6.17 Å². The van der Waals surface area contributed by atoms with Gasteiger partial charge in [-0.25, -0.2) is 0 Å². The molecule has 1 aromatic carbocycles. The molecule has 1 atom stereocenters. The summed E-state index contributed by atoms with van der Waals surface area (Å²) in [6.07, 6.45) is 4.79. The second-order valence-corrected chi connectivity index (χ2v) is 4.49. The van der Waals surface area contributed by atoms with E-state index in [2.05, 4.69) is 46.7 Å². The first-order valence-corrected chi connectivity index (χ1v) is 6.59. The van der Waals surface area contributed by atoms with Crippen LogP contribution in [0.2, 0.25) is 0 Å². The number of benzene rings is 1. The Hall–Kier alpha value is -1.22. The first-order valence-electron chi connectivity index (χ1n) is 6.59. The Kier molecular flexibility index (Phi) is 4.68. The van der Waals surface area contributed by atoms with Crippen LogP contribution in [0.5, 0.6) is 0 Å². The molecule has 0 amide bonds. The molecule has 17 heavy (non-hydrogen) atoms. The predicted molar refractivity (Wildman–Crippen MR) is 70.1 cm³/mol. The molecule has 0 aliphatic carbocycles. The first-order chi connectivity index (χ1) is 8.42. The molecule has 1 aliphatic heterocycles. The highest BCUT2D eigenvalue weighted by Gasteiger charge is 2.17. The highest BCUT2D eigenvalue weighted by molar-refractivity contribution is 5.31. The summed E-state index contributed by atoms with van der Waals surface area (Å²) in [6.45, 7) is 4.06. The van der Waals surface area contributed by atoms with Crippen molar-refractivity contribution in [2.24, 2.45) is 10.2 Å². The van der Waals surface area contributed by atoms with Crippen LogP contribution in [0.1, 0.15) is 43.5 Å². The van der Waals surface area contributed by atoms with E-state index in [0.29, 0.717) is 0 Å². The number of nitrogens with zero attached hydrogens (tertiary/aromatic N) is 2. The fraction of sp³-hybridized carbons (Fsp3) is 0.571. The van der Waals surface area contributed by atoms with E-state index in [1.807, 2.05) is 0 Å². The molecule has 1 aliphatic rings. The van der Waals surface area contributed by atoms with Crippen LogP contribution in [0.15, 0.2) is 34.5 Å². The highest BCUT2D eigenvalue weighted by Crippen LogP contribution is 2.23. The maximum absolute atomic E-state index is 4.41. The minimum atomic E-state index is 0.0709. The van der Waals surface area contributed by atoms with Crippen molar-refractivity contribution < 1.29 is 0 Å². The lowest BCUT2D eigenvalue weighted by molar-refractivity contribution is 0.495. The van der Waals surface area contributed by atoms with Gasteiger partial charge in [0, 0.05) is 6.54 Å². The molecule has 0 bridgehead atoms. The molecule has 0 spiro atoms. The quantitative estimate of drug-likeness (QED) is 0.611. The predicted octanol–water partition coefficient (Wildman–Crippen LogP) is 3.47. The van der Waals surface area contributed by atoms with Crippen molar-refractivity contribution in [3.05, 3.63) is 35.4 Å². The van der Waals surface area contributed by atoms with Crippen LogP contribution in [-0.4, -0.2) is 13.1 Å². The van der Waals surface area contributed by atoms with Crippen LogP contribution >= 0.6 is 0 Å². The maximum Gasteiger partial charge on any atom is 0.146 e. The minimum absolute atomic E-state index is 0.0709. The summed E-state index contributed by atoms with van der Waals surface area (Å²) in [5, 5.41) is 12.1. The molecule has 0 saturated heterocycles. The fourth-order valence-corrected chi connectivity index (χ4v) is 2.16. The number of rotatable bonds is 5. The lowest BCUT2D eigenvalue weighted by Crippen LogP contribution is -2.28. The monoisotopic (exact) mass is 231 g/mol. The summed E-state index contributed by atoms with van der Waals surface area (Å²) in [5.74, 6) is 0. The Labute approximate surface area is 103 Å². The molecule has 1 unspecified atom stereocenters. The number of hydrogen-bond acceptors (Lipinski definition) is 3. The third kappa shape index (κ3) is 3.37. The van der Waals surface area contributed by atoms with Gasteiger partial charge in [0.15, 0.2) is 0 Å². The number of fused-ring (bicyclic) bond motifs is 1. The van der Waals surface area contributed by atoms with Gasteiger partial charge in [0.2, 0.25) is 0 Å². The van der Waals surface area contributed by atoms with Crippen molar-refractivity contribution in [2.45, 2.75) is 38.8 Å². The summed E-state index contributed by atoms with van der Waals surface area (Å²) < 4.78 is 0. The largest absolute Gasteiger partial charge is 0.290 e. The van der Waals surface area contributed by atoms with Crippen LogP contribution in [-0.2, 0) is 6.42 Å². The summed E-state index contributed by atoms with van der Waals surface area (Å²) >= 11 is 0. The van der Waals surface area contributed by atoms with Gasteiger partial charge in [-0.3, -0.25) is 5.32 Å². The Bertz CT molecular complexity index is 373. The summed E-state index contributed by atoms with van der Waals surface area (Å²) in [4.78, 5) is 0. The van der Waals surface area contributed by atoms with Gasteiger partial charge in [0.05, 0.1) is 6.54 Å². The molecule has 1 heterocycles. The lowest BCUT2D eigenvalue weighted by atomic mass is 9.99. The first kappa shape index (κ1) is 12.2. The topological polar surface area (TPSA) is 36.8 Å². The second-order valence-electron chi connectivity index (χ2n) is 4.49. The van der Waals surface area contributed by atoms with Crippen molar-refractivity contribution in [1.82, 2.24) is 5.32 Å². The van der Waals surface area contributed by atoms with Crippen LogP contribution in [0, 0.1) is 0 Å². The average Bonchev–Trinajstić information content (AvgIpc) is 2.39. The molecule has 92 valence electrons. The van der Waals surface area contributed by atoms with Crippen molar-refractivity contribution in [1.29, 1.82) is 0 Å². The molecule has 3 nitrogen and oxygen atoms in total. The molecule has 2 rings (SSSR count). The molecule has 0 fully saturated rings. The molecule has 1 N–H and O–H groups in total. The smallest absolute Gasteiger partial charge is 0.146 e. The van der Waals surface area contributed by atoms with Gasteiger partial charge in [-0.2, -0.15) is 10.2 Å². The van der Waals surface area contributed by atoms with Crippen molar-refractivity contribution in [3.8, 4) is 0 Å². The van der Waals surface area contributed by atoms with E-state index in [0.717, 1.165) is 25.9 Å². The third-order valence-electron chi connectivity index (χ3n) is 3.14. The Morgan fingerprint density at radius 2 is 2.18 bits per heavy atom. The molecule has 3 heteroatoms. The van der Waals surface area contributed by atoms with E-state index in [-0.39, 0.29) is 6.17 Å². The lowest BCUT2D eigenvalue weighted by Gasteiger charge is -2.22. The van der Waals surface area contributed by atoms with E-state index in [4.69, 9.17) is 0 Å². The van der Waals surface area contributed by atoms with E-state index in [9.17, 15) is 0 Å². The van der Waals surface area contributed by atoms with Crippen molar-refractivity contribution in [3.63, 3.8) is 0 Å². The summed E-state index contributed by atoms with van der Waals surface area (Å²) in [7, 11) is 0.